The van der Waals surface area contributed by atoms with Crippen LogP contribution in [0.1, 0.15) is 26.7 Å². The summed E-state index contributed by atoms with van der Waals surface area (Å²) in [5.41, 5.74) is 0. The molecular weight excluding hydrogens is 214 g/mol. The van der Waals surface area contributed by atoms with Gasteiger partial charge in [-0.3, -0.25) is 0 Å². The van der Waals surface area contributed by atoms with Crippen LogP contribution < -0.4 is 4.72 Å². The molecule has 0 radical (unpaired) electrons. The topological polar surface area (TPSA) is 73.2 Å². The van der Waals surface area contributed by atoms with Crippen molar-refractivity contribution >= 4 is 10.2 Å². The Morgan fingerprint density at radius 3 is 2.73 bits per heavy atom. The Balaban J connectivity index is 2.67. The summed E-state index contributed by atoms with van der Waals surface area (Å²) in [5, 5.41) is 8.76. The van der Waals surface area contributed by atoms with Crippen molar-refractivity contribution in [2.24, 2.45) is 5.92 Å². The van der Waals surface area contributed by atoms with E-state index < -0.39 is 10.2 Å². The van der Waals surface area contributed by atoms with E-state index in [0.717, 1.165) is 12.8 Å². The van der Waals surface area contributed by atoms with Crippen molar-refractivity contribution < 1.29 is 8.42 Å². The molecular formula is C9H17N3O2S. The van der Waals surface area contributed by atoms with Gasteiger partial charge in [0.25, 0.3) is 10.2 Å². The molecule has 0 aromatic heterocycles. The molecule has 0 amide bonds. The average molecular weight is 231 g/mol. The van der Waals surface area contributed by atoms with Crippen LogP contribution in [-0.4, -0.2) is 31.9 Å². The van der Waals surface area contributed by atoms with Crippen molar-refractivity contribution in [2.45, 2.75) is 32.7 Å². The Bertz CT molecular complexity index is 345. The molecule has 0 aromatic rings. The van der Waals surface area contributed by atoms with Gasteiger partial charge in [0, 0.05) is 19.1 Å². The van der Waals surface area contributed by atoms with Gasteiger partial charge < -0.3 is 0 Å². The summed E-state index contributed by atoms with van der Waals surface area (Å²) >= 11 is 0. The minimum Gasteiger partial charge on any atom is -0.200 e. The number of nitrogens with one attached hydrogen (secondary N) is 1. The number of piperidine rings is 1. The number of hydrogen-bond donors (Lipinski definition) is 1. The van der Waals surface area contributed by atoms with Gasteiger partial charge >= 0.3 is 0 Å². The molecule has 1 fully saturated rings. The maximum Gasteiger partial charge on any atom is 0.279 e. The van der Waals surface area contributed by atoms with Crippen LogP contribution in [0.15, 0.2) is 0 Å². The molecule has 0 aromatic carbocycles. The van der Waals surface area contributed by atoms with Gasteiger partial charge in [-0.1, -0.05) is 0 Å². The summed E-state index contributed by atoms with van der Waals surface area (Å²) in [6, 6.07) is 2.01. The fourth-order valence-electron chi connectivity index (χ4n) is 1.64. The van der Waals surface area contributed by atoms with Gasteiger partial charge in [-0.15, -0.1) is 0 Å². The van der Waals surface area contributed by atoms with Gasteiger partial charge in [0.05, 0.1) is 12.0 Å². The van der Waals surface area contributed by atoms with Crippen LogP contribution >= 0.6 is 0 Å². The Morgan fingerprint density at radius 1 is 1.53 bits per heavy atom. The predicted octanol–water partition coefficient (Wildman–Crippen LogP) is 0.465. The lowest BCUT2D eigenvalue weighted by molar-refractivity contribution is 0.300. The van der Waals surface area contributed by atoms with Gasteiger partial charge in [-0.05, 0) is 26.7 Å². The van der Waals surface area contributed by atoms with Gasteiger partial charge in [-0.25, -0.2) is 0 Å². The second kappa shape index (κ2) is 4.92. The van der Waals surface area contributed by atoms with Crippen molar-refractivity contribution in [2.75, 3.05) is 13.1 Å². The maximum absolute atomic E-state index is 11.8. The van der Waals surface area contributed by atoms with E-state index in [-0.39, 0.29) is 12.0 Å². The number of rotatable bonds is 3. The van der Waals surface area contributed by atoms with E-state index in [1.807, 2.05) is 0 Å². The lowest BCUT2D eigenvalue weighted by Crippen LogP contribution is -2.47. The largest absolute Gasteiger partial charge is 0.279 e. The minimum absolute atomic E-state index is 0.113. The molecule has 0 aliphatic carbocycles. The van der Waals surface area contributed by atoms with E-state index in [0.29, 0.717) is 13.1 Å². The third kappa shape index (κ3) is 3.45. The van der Waals surface area contributed by atoms with Crippen LogP contribution in [0.3, 0.4) is 0 Å². The first-order chi connectivity index (χ1) is 6.95. The van der Waals surface area contributed by atoms with Crippen LogP contribution in [0.4, 0.5) is 0 Å². The molecule has 1 aliphatic heterocycles. The fraction of sp³-hybridized carbons (Fsp3) is 0.889. The summed E-state index contributed by atoms with van der Waals surface area (Å²) in [5.74, 6) is -0.164. The van der Waals surface area contributed by atoms with Crippen LogP contribution in [0.5, 0.6) is 0 Å². The Labute approximate surface area is 91.3 Å². The van der Waals surface area contributed by atoms with Gasteiger partial charge in [-0.2, -0.15) is 22.7 Å². The summed E-state index contributed by atoms with van der Waals surface area (Å²) in [4.78, 5) is 0. The molecule has 1 heterocycles. The monoisotopic (exact) mass is 231 g/mol. The predicted molar refractivity (Wildman–Crippen MR) is 57.1 cm³/mol. The highest BCUT2D eigenvalue weighted by Gasteiger charge is 2.28. The van der Waals surface area contributed by atoms with Gasteiger partial charge in [0.1, 0.15) is 0 Å². The van der Waals surface area contributed by atoms with Crippen molar-refractivity contribution in [3.8, 4) is 6.07 Å². The molecule has 1 saturated heterocycles. The van der Waals surface area contributed by atoms with Gasteiger partial charge in [0.2, 0.25) is 0 Å². The molecule has 5 nitrogen and oxygen atoms in total. The van der Waals surface area contributed by atoms with Crippen molar-refractivity contribution in [3.05, 3.63) is 0 Å². The summed E-state index contributed by atoms with van der Waals surface area (Å²) in [6.07, 6.45) is 1.56. The molecule has 0 saturated carbocycles. The van der Waals surface area contributed by atoms with E-state index in [2.05, 4.69) is 10.8 Å². The normalized spacial score (nSPS) is 24.0. The summed E-state index contributed by atoms with van der Waals surface area (Å²) in [6.45, 7) is 4.39. The molecule has 1 aliphatic rings. The minimum atomic E-state index is -3.39. The molecule has 1 rings (SSSR count). The first kappa shape index (κ1) is 12.4. The molecule has 0 bridgehead atoms. The zero-order chi connectivity index (χ0) is 11.5. The SMILES string of the molecule is CC(C)NS(=O)(=O)N1CCCC(C#N)C1. The van der Waals surface area contributed by atoms with E-state index in [1.165, 1.54) is 4.31 Å². The Morgan fingerprint density at radius 2 is 2.20 bits per heavy atom. The number of nitrogens with zero attached hydrogens (tertiary/aromatic N) is 2. The first-order valence-electron chi connectivity index (χ1n) is 5.12. The van der Waals surface area contributed by atoms with Crippen LogP contribution in [0.25, 0.3) is 0 Å². The van der Waals surface area contributed by atoms with E-state index >= 15 is 0 Å². The Hall–Kier alpha value is -0.640. The standard InChI is InChI=1S/C9H17N3O2S/c1-8(2)11-15(13,14)12-5-3-4-9(6-10)7-12/h8-9,11H,3-5,7H2,1-2H3. The lowest BCUT2D eigenvalue weighted by atomic mass is 10.0. The third-order valence-corrected chi connectivity index (χ3v) is 4.07. The third-order valence-electron chi connectivity index (χ3n) is 2.29. The molecule has 1 unspecified atom stereocenters. The second-order valence-electron chi connectivity index (χ2n) is 4.10. The van der Waals surface area contributed by atoms with Crippen LogP contribution in [0, 0.1) is 17.2 Å². The molecule has 6 heteroatoms. The molecule has 1 atom stereocenters. The zero-order valence-electron chi connectivity index (χ0n) is 9.10. The maximum atomic E-state index is 11.8. The van der Waals surface area contributed by atoms with Gasteiger partial charge in [0.15, 0.2) is 0 Å². The second-order valence-corrected chi connectivity index (χ2v) is 5.81. The average Bonchev–Trinajstić information content (AvgIpc) is 2.16. The smallest absolute Gasteiger partial charge is 0.200 e. The van der Waals surface area contributed by atoms with Crippen LogP contribution in [-0.2, 0) is 10.2 Å². The summed E-state index contributed by atoms with van der Waals surface area (Å²) < 4.78 is 27.4. The quantitative estimate of drug-likeness (QED) is 0.767. The van der Waals surface area contributed by atoms with E-state index in [4.69, 9.17) is 5.26 Å². The molecule has 1 N–H and O–H groups in total. The van der Waals surface area contributed by atoms with Crippen molar-refractivity contribution in [3.63, 3.8) is 0 Å². The molecule has 86 valence electrons. The zero-order valence-corrected chi connectivity index (χ0v) is 9.92. The highest BCUT2D eigenvalue weighted by atomic mass is 32.2. The lowest BCUT2D eigenvalue weighted by Gasteiger charge is -2.29. The van der Waals surface area contributed by atoms with Crippen molar-refractivity contribution in [1.29, 1.82) is 5.26 Å². The summed E-state index contributed by atoms with van der Waals surface area (Å²) in [7, 11) is -3.39. The van der Waals surface area contributed by atoms with E-state index in [9.17, 15) is 8.42 Å². The molecule has 15 heavy (non-hydrogen) atoms. The molecule has 0 spiro atoms. The van der Waals surface area contributed by atoms with E-state index in [1.54, 1.807) is 13.8 Å². The number of nitriles is 1. The van der Waals surface area contributed by atoms with Crippen molar-refractivity contribution in [1.82, 2.24) is 9.03 Å². The highest BCUT2D eigenvalue weighted by Crippen LogP contribution is 2.17. The fourth-order valence-corrected chi connectivity index (χ4v) is 3.13. The highest BCUT2D eigenvalue weighted by molar-refractivity contribution is 7.87. The Kier molecular flexibility index (Phi) is 4.08. The first-order valence-corrected chi connectivity index (χ1v) is 6.56. The van der Waals surface area contributed by atoms with Crippen LogP contribution in [0.2, 0.25) is 0 Å². The number of hydrogen-bond acceptors (Lipinski definition) is 3.